The minimum absolute atomic E-state index is 1.00. The quantitative estimate of drug-likeness (QED) is 0.560. The molecule has 0 aliphatic rings. The zero-order chi connectivity index (χ0) is 9.23. The van der Waals surface area contributed by atoms with Gasteiger partial charge in [0.2, 0.25) is 0 Å². The van der Waals surface area contributed by atoms with Crippen LogP contribution in [0.1, 0.15) is 40.0 Å². The van der Waals surface area contributed by atoms with Crippen LogP contribution >= 0.6 is 0 Å². The molecule has 0 saturated heterocycles. The zero-order valence-electron chi connectivity index (χ0n) is 8.25. The minimum Gasteiger partial charge on any atom is -0.267 e. The Morgan fingerprint density at radius 3 is 2.58 bits per heavy atom. The Kier molecular flexibility index (Phi) is 7.55. The fraction of sp³-hybridized carbons (Fsp3) is 0.600. The molecule has 0 rings (SSSR count). The lowest BCUT2D eigenvalue weighted by molar-refractivity contribution is 1.01. The van der Waals surface area contributed by atoms with E-state index in [9.17, 15) is 0 Å². The summed E-state index contributed by atoms with van der Waals surface area (Å²) in [6.45, 7) is 6.24. The van der Waals surface area contributed by atoms with Gasteiger partial charge in [-0.3, -0.25) is 9.98 Å². The van der Waals surface area contributed by atoms with E-state index in [1.807, 2.05) is 13.1 Å². The van der Waals surface area contributed by atoms with Crippen LogP contribution < -0.4 is 0 Å². The first-order valence-corrected chi connectivity index (χ1v) is 4.51. The topological polar surface area (TPSA) is 24.7 Å². The van der Waals surface area contributed by atoms with Crippen LogP contribution in [0.4, 0.5) is 0 Å². The minimum atomic E-state index is 1.00. The Hall–Kier alpha value is -0.920. The van der Waals surface area contributed by atoms with Crippen LogP contribution in [0, 0.1) is 0 Å². The number of rotatable bonds is 5. The molecule has 12 heavy (non-hydrogen) atoms. The van der Waals surface area contributed by atoms with Gasteiger partial charge in [0.25, 0.3) is 0 Å². The monoisotopic (exact) mass is 166 g/mol. The maximum Gasteiger partial charge on any atom is 0.0450 e. The van der Waals surface area contributed by atoms with E-state index in [4.69, 9.17) is 0 Å². The third kappa shape index (κ3) is 7.19. The molecule has 0 unspecified atom stereocenters. The molecule has 0 fully saturated rings. The highest BCUT2D eigenvalue weighted by atomic mass is 14.7. The molecule has 0 atom stereocenters. The third-order valence-corrected chi connectivity index (χ3v) is 1.48. The summed E-state index contributed by atoms with van der Waals surface area (Å²) in [7, 11) is 0. The number of nitrogens with zero attached hydrogens (tertiary/aromatic N) is 2. The Morgan fingerprint density at radius 1 is 1.25 bits per heavy atom. The van der Waals surface area contributed by atoms with Gasteiger partial charge < -0.3 is 0 Å². The molecule has 0 aromatic carbocycles. The second-order valence-electron chi connectivity index (χ2n) is 2.64. The van der Waals surface area contributed by atoms with Crippen molar-refractivity contribution in [1.82, 2.24) is 0 Å². The van der Waals surface area contributed by atoms with Gasteiger partial charge >= 0.3 is 0 Å². The molecule has 0 bridgehead atoms. The van der Waals surface area contributed by atoms with E-state index in [1.165, 1.54) is 0 Å². The van der Waals surface area contributed by atoms with E-state index < -0.39 is 0 Å². The Labute approximate surface area is 75.1 Å². The predicted molar refractivity (Wildman–Crippen MR) is 55.9 cm³/mol. The van der Waals surface area contributed by atoms with Crippen LogP contribution in [0.25, 0.3) is 0 Å². The van der Waals surface area contributed by atoms with E-state index >= 15 is 0 Å². The van der Waals surface area contributed by atoms with E-state index in [0.29, 0.717) is 0 Å². The van der Waals surface area contributed by atoms with Gasteiger partial charge in [0, 0.05) is 24.3 Å². The van der Waals surface area contributed by atoms with Crippen molar-refractivity contribution in [3.63, 3.8) is 0 Å². The van der Waals surface area contributed by atoms with Gasteiger partial charge in [-0.1, -0.05) is 20.3 Å². The molecule has 2 nitrogen and oxygen atoms in total. The van der Waals surface area contributed by atoms with Crippen molar-refractivity contribution in [3.05, 3.63) is 12.4 Å². The average molecular weight is 166 g/mol. The molecule has 0 radical (unpaired) electrons. The molecule has 0 spiro atoms. The zero-order valence-corrected chi connectivity index (χ0v) is 8.25. The Balaban J connectivity index is 3.62. The van der Waals surface area contributed by atoms with Crippen molar-refractivity contribution in [3.8, 4) is 0 Å². The summed E-state index contributed by atoms with van der Waals surface area (Å²) in [5.74, 6) is 0. The Morgan fingerprint density at radius 2 is 2.00 bits per heavy atom. The predicted octanol–water partition coefficient (Wildman–Crippen LogP) is 3.20. The second kappa shape index (κ2) is 8.18. The highest BCUT2D eigenvalue weighted by Gasteiger charge is 1.78. The first-order valence-electron chi connectivity index (χ1n) is 4.51. The molecule has 0 N–H and O–H groups in total. The molecule has 0 aliphatic heterocycles. The molecule has 0 aromatic heterocycles. The molecule has 0 aliphatic carbocycles. The van der Waals surface area contributed by atoms with Gasteiger partial charge in [0.15, 0.2) is 0 Å². The van der Waals surface area contributed by atoms with E-state index in [1.54, 1.807) is 12.4 Å². The SMILES string of the molecule is CCC/C=N/C=C\N=C(/C)CC. The summed E-state index contributed by atoms with van der Waals surface area (Å²) < 4.78 is 0. The van der Waals surface area contributed by atoms with Crippen molar-refractivity contribution in [2.45, 2.75) is 40.0 Å². The van der Waals surface area contributed by atoms with Gasteiger partial charge in [-0.15, -0.1) is 0 Å². The Bertz CT molecular complexity index is 178. The second-order valence-corrected chi connectivity index (χ2v) is 2.64. The summed E-state index contributed by atoms with van der Waals surface area (Å²) in [6.07, 6.45) is 8.57. The number of hydrogen-bond donors (Lipinski definition) is 0. The average Bonchev–Trinajstić information content (AvgIpc) is 2.10. The smallest absolute Gasteiger partial charge is 0.0450 e. The number of aliphatic imine (C=N–C) groups is 2. The maximum atomic E-state index is 4.16. The van der Waals surface area contributed by atoms with Crippen molar-refractivity contribution >= 4 is 11.9 Å². The molecule has 0 heterocycles. The van der Waals surface area contributed by atoms with Crippen LogP contribution in [0.15, 0.2) is 22.4 Å². The highest BCUT2D eigenvalue weighted by Crippen LogP contribution is 1.86. The molecule has 2 heteroatoms. The first kappa shape index (κ1) is 11.1. The lowest BCUT2D eigenvalue weighted by atomic mass is 10.3. The van der Waals surface area contributed by atoms with Crippen LogP contribution in [0.3, 0.4) is 0 Å². The van der Waals surface area contributed by atoms with Gasteiger partial charge in [0.05, 0.1) is 0 Å². The van der Waals surface area contributed by atoms with E-state index in [-0.39, 0.29) is 0 Å². The van der Waals surface area contributed by atoms with Crippen molar-refractivity contribution in [2.75, 3.05) is 0 Å². The molecule has 0 saturated carbocycles. The molecular weight excluding hydrogens is 148 g/mol. The van der Waals surface area contributed by atoms with Gasteiger partial charge in [-0.25, -0.2) is 0 Å². The van der Waals surface area contributed by atoms with Crippen LogP contribution in [-0.2, 0) is 0 Å². The first-order chi connectivity index (χ1) is 5.81. The van der Waals surface area contributed by atoms with Crippen molar-refractivity contribution in [1.29, 1.82) is 0 Å². The number of unbranched alkanes of at least 4 members (excludes halogenated alkanes) is 1. The normalized spacial score (nSPS) is 13.4. The van der Waals surface area contributed by atoms with E-state index in [2.05, 4.69) is 23.8 Å². The standard InChI is InChI=1S/C10H18N2/c1-4-6-7-11-8-9-12-10(3)5-2/h7-9H,4-6H2,1-3H3/b9-8-,11-7+,12-10+. The third-order valence-electron chi connectivity index (χ3n) is 1.48. The van der Waals surface area contributed by atoms with Crippen molar-refractivity contribution < 1.29 is 0 Å². The van der Waals surface area contributed by atoms with Crippen LogP contribution in [0.2, 0.25) is 0 Å². The largest absolute Gasteiger partial charge is 0.267 e. The summed E-state index contributed by atoms with van der Waals surface area (Å²) in [4.78, 5) is 8.22. The maximum absolute atomic E-state index is 4.16. The summed E-state index contributed by atoms with van der Waals surface area (Å²) in [5.41, 5.74) is 1.14. The van der Waals surface area contributed by atoms with Crippen LogP contribution in [-0.4, -0.2) is 11.9 Å². The fourth-order valence-corrected chi connectivity index (χ4v) is 0.555. The fourth-order valence-electron chi connectivity index (χ4n) is 0.555. The lowest BCUT2D eigenvalue weighted by Crippen LogP contribution is -1.83. The van der Waals surface area contributed by atoms with Crippen LogP contribution in [0.5, 0.6) is 0 Å². The van der Waals surface area contributed by atoms with Crippen molar-refractivity contribution in [2.24, 2.45) is 9.98 Å². The summed E-state index contributed by atoms with van der Waals surface area (Å²) in [5, 5.41) is 0. The van der Waals surface area contributed by atoms with Gasteiger partial charge in [-0.2, -0.15) is 0 Å². The summed E-state index contributed by atoms with van der Waals surface area (Å²) >= 11 is 0. The lowest BCUT2D eigenvalue weighted by Gasteiger charge is -1.87. The summed E-state index contributed by atoms with van der Waals surface area (Å²) in [6, 6.07) is 0. The molecular formula is C10H18N2. The highest BCUT2D eigenvalue weighted by molar-refractivity contribution is 5.82. The van der Waals surface area contributed by atoms with Gasteiger partial charge in [-0.05, 0) is 19.8 Å². The molecule has 0 amide bonds. The molecule has 0 aromatic rings. The molecule has 68 valence electrons. The van der Waals surface area contributed by atoms with E-state index in [0.717, 1.165) is 25.0 Å². The number of hydrogen-bond acceptors (Lipinski definition) is 2. The van der Waals surface area contributed by atoms with Gasteiger partial charge in [0.1, 0.15) is 0 Å².